The van der Waals surface area contributed by atoms with Gasteiger partial charge in [0.1, 0.15) is 0 Å². The molecule has 0 amide bonds. The second-order valence-electron chi connectivity index (χ2n) is 4.35. The maximum Gasteiger partial charge on any atom is -0.0202 e. The molecule has 3 atom stereocenters. The lowest BCUT2D eigenvalue weighted by molar-refractivity contribution is 0.388. The fraction of sp³-hybridized carbons (Fsp3) is 0.818. The fourth-order valence-corrected chi connectivity index (χ4v) is 2.69. The van der Waals surface area contributed by atoms with Crippen LogP contribution in [0.25, 0.3) is 0 Å². The molecular weight excluding hydrogens is 132 g/mol. The van der Waals surface area contributed by atoms with Crippen molar-refractivity contribution in [1.29, 1.82) is 0 Å². The molecule has 62 valence electrons. The van der Waals surface area contributed by atoms with E-state index >= 15 is 0 Å². The van der Waals surface area contributed by atoms with Crippen molar-refractivity contribution in [3.63, 3.8) is 0 Å². The van der Waals surface area contributed by atoms with Crippen molar-refractivity contribution < 1.29 is 0 Å². The third kappa shape index (κ3) is 1.50. The van der Waals surface area contributed by atoms with Gasteiger partial charge >= 0.3 is 0 Å². The van der Waals surface area contributed by atoms with Gasteiger partial charge in [-0.15, -0.1) is 0 Å². The molecule has 0 radical (unpaired) electrons. The summed E-state index contributed by atoms with van der Waals surface area (Å²) in [4.78, 5) is 0. The topological polar surface area (TPSA) is 0 Å². The van der Waals surface area contributed by atoms with Crippen LogP contribution in [0.3, 0.4) is 0 Å². The molecule has 1 fully saturated rings. The van der Waals surface area contributed by atoms with Crippen LogP contribution in [0.2, 0.25) is 0 Å². The zero-order valence-electron chi connectivity index (χ0n) is 7.42. The largest absolute Gasteiger partial charge is 0.0882 e. The van der Waals surface area contributed by atoms with E-state index in [4.69, 9.17) is 0 Å². The van der Waals surface area contributed by atoms with Crippen molar-refractivity contribution in [3.05, 3.63) is 12.2 Å². The van der Waals surface area contributed by atoms with Gasteiger partial charge in [0.05, 0.1) is 0 Å². The smallest absolute Gasteiger partial charge is 0.0202 e. The Balaban J connectivity index is 1.90. The van der Waals surface area contributed by atoms with Crippen molar-refractivity contribution in [2.24, 2.45) is 17.8 Å². The molecule has 0 heterocycles. The first kappa shape index (κ1) is 7.39. The maximum absolute atomic E-state index is 2.46. The number of allylic oxidation sites excluding steroid dienone is 2. The maximum atomic E-state index is 2.46. The summed E-state index contributed by atoms with van der Waals surface area (Å²) in [5, 5.41) is 0. The highest BCUT2D eigenvalue weighted by Crippen LogP contribution is 2.39. The summed E-state index contributed by atoms with van der Waals surface area (Å²) in [6.45, 7) is 2.40. The average molecular weight is 150 g/mol. The molecule has 0 aromatic rings. The number of rotatable bonds is 1. The normalized spacial score (nSPS) is 43.5. The van der Waals surface area contributed by atoms with E-state index in [0.717, 1.165) is 17.8 Å². The number of hydrogen-bond acceptors (Lipinski definition) is 0. The van der Waals surface area contributed by atoms with Crippen LogP contribution in [-0.4, -0.2) is 0 Å². The Morgan fingerprint density at radius 1 is 1.18 bits per heavy atom. The molecule has 0 aliphatic heterocycles. The van der Waals surface area contributed by atoms with Crippen LogP contribution in [-0.2, 0) is 0 Å². The van der Waals surface area contributed by atoms with Gasteiger partial charge in [-0.1, -0.05) is 25.5 Å². The van der Waals surface area contributed by atoms with Gasteiger partial charge in [-0.3, -0.25) is 0 Å². The van der Waals surface area contributed by atoms with Crippen molar-refractivity contribution >= 4 is 0 Å². The third-order valence-electron chi connectivity index (χ3n) is 3.39. The van der Waals surface area contributed by atoms with Gasteiger partial charge in [-0.25, -0.2) is 0 Å². The SMILES string of the molecule is CC1CCC(C2C=CCC2)C1. The molecule has 2 aliphatic carbocycles. The number of hydrogen-bond donors (Lipinski definition) is 0. The van der Waals surface area contributed by atoms with Crippen LogP contribution in [0.15, 0.2) is 12.2 Å². The summed E-state index contributed by atoms with van der Waals surface area (Å²) in [6.07, 6.45) is 12.1. The molecule has 0 heteroatoms. The first-order valence-electron chi connectivity index (χ1n) is 5.03. The van der Waals surface area contributed by atoms with Crippen LogP contribution in [0.1, 0.15) is 39.0 Å². The molecule has 11 heavy (non-hydrogen) atoms. The van der Waals surface area contributed by atoms with Gasteiger partial charge in [0.25, 0.3) is 0 Å². The second kappa shape index (κ2) is 3.00. The minimum atomic E-state index is 0.958. The van der Waals surface area contributed by atoms with Crippen molar-refractivity contribution in [1.82, 2.24) is 0 Å². The summed E-state index contributed by atoms with van der Waals surface area (Å²) in [7, 11) is 0. The van der Waals surface area contributed by atoms with Gasteiger partial charge in [0, 0.05) is 0 Å². The van der Waals surface area contributed by atoms with E-state index in [0.29, 0.717) is 0 Å². The Hall–Kier alpha value is -0.260. The third-order valence-corrected chi connectivity index (χ3v) is 3.39. The first-order valence-corrected chi connectivity index (χ1v) is 5.03. The monoisotopic (exact) mass is 150 g/mol. The van der Waals surface area contributed by atoms with Gasteiger partial charge in [-0.05, 0) is 43.4 Å². The highest BCUT2D eigenvalue weighted by Gasteiger charge is 2.27. The van der Waals surface area contributed by atoms with Gasteiger partial charge in [0.15, 0.2) is 0 Å². The molecule has 2 rings (SSSR count). The van der Waals surface area contributed by atoms with E-state index in [1.54, 1.807) is 0 Å². The molecule has 0 nitrogen and oxygen atoms in total. The van der Waals surface area contributed by atoms with E-state index in [1.807, 2.05) is 0 Å². The zero-order chi connectivity index (χ0) is 7.68. The molecule has 0 aromatic heterocycles. The Morgan fingerprint density at radius 2 is 2.09 bits per heavy atom. The molecule has 3 unspecified atom stereocenters. The van der Waals surface area contributed by atoms with Crippen molar-refractivity contribution in [2.45, 2.75) is 39.0 Å². The minimum absolute atomic E-state index is 0.958. The molecule has 0 aromatic carbocycles. The van der Waals surface area contributed by atoms with Gasteiger partial charge in [0.2, 0.25) is 0 Å². The summed E-state index contributed by atoms with van der Waals surface area (Å²) < 4.78 is 0. The minimum Gasteiger partial charge on any atom is -0.0882 e. The molecule has 0 saturated heterocycles. The predicted molar refractivity (Wildman–Crippen MR) is 48.4 cm³/mol. The summed E-state index contributed by atoms with van der Waals surface area (Å²) in [5.74, 6) is 3.01. The van der Waals surface area contributed by atoms with Crippen LogP contribution in [0.4, 0.5) is 0 Å². The highest BCUT2D eigenvalue weighted by atomic mass is 14.3. The molecule has 0 bridgehead atoms. The van der Waals surface area contributed by atoms with E-state index in [1.165, 1.54) is 32.1 Å². The van der Waals surface area contributed by atoms with E-state index < -0.39 is 0 Å². The lowest BCUT2D eigenvalue weighted by Crippen LogP contribution is -2.06. The predicted octanol–water partition coefficient (Wildman–Crippen LogP) is 3.39. The van der Waals surface area contributed by atoms with Gasteiger partial charge in [-0.2, -0.15) is 0 Å². The zero-order valence-corrected chi connectivity index (χ0v) is 7.42. The highest BCUT2D eigenvalue weighted by molar-refractivity contribution is 5.00. The summed E-state index contributed by atoms with van der Waals surface area (Å²) in [6, 6.07) is 0. The molecular formula is C11H18. The van der Waals surface area contributed by atoms with E-state index in [9.17, 15) is 0 Å². The van der Waals surface area contributed by atoms with Crippen LogP contribution < -0.4 is 0 Å². The molecule has 2 aliphatic rings. The standard InChI is InChI=1S/C11H18/c1-9-6-7-11(8-9)10-4-2-3-5-10/h2,4,9-11H,3,5-8H2,1H3. The fourth-order valence-electron chi connectivity index (χ4n) is 2.69. The lowest BCUT2D eigenvalue weighted by Gasteiger charge is -2.15. The van der Waals surface area contributed by atoms with Gasteiger partial charge < -0.3 is 0 Å². The Kier molecular flexibility index (Phi) is 2.02. The molecule has 1 saturated carbocycles. The summed E-state index contributed by atoms with van der Waals surface area (Å²) >= 11 is 0. The van der Waals surface area contributed by atoms with E-state index in [-0.39, 0.29) is 0 Å². The average Bonchev–Trinajstić information content (AvgIpc) is 2.55. The Labute approximate surface area is 69.7 Å². The Morgan fingerprint density at radius 3 is 2.64 bits per heavy atom. The van der Waals surface area contributed by atoms with Crippen LogP contribution in [0, 0.1) is 17.8 Å². The molecule has 0 spiro atoms. The van der Waals surface area contributed by atoms with E-state index in [2.05, 4.69) is 19.1 Å². The lowest BCUT2D eigenvalue weighted by atomic mass is 9.90. The van der Waals surface area contributed by atoms with Crippen LogP contribution >= 0.6 is 0 Å². The quantitative estimate of drug-likeness (QED) is 0.503. The summed E-state index contributed by atoms with van der Waals surface area (Å²) in [5.41, 5.74) is 0. The second-order valence-corrected chi connectivity index (χ2v) is 4.35. The van der Waals surface area contributed by atoms with Crippen LogP contribution in [0.5, 0.6) is 0 Å². The molecule has 0 N–H and O–H groups in total. The Bertz CT molecular complexity index is 157. The van der Waals surface area contributed by atoms with Crippen molar-refractivity contribution in [3.8, 4) is 0 Å². The van der Waals surface area contributed by atoms with Crippen molar-refractivity contribution in [2.75, 3.05) is 0 Å². The first-order chi connectivity index (χ1) is 5.36.